The van der Waals surface area contributed by atoms with Gasteiger partial charge in [0.25, 0.3) is 5.91 Å². The van der Waals surface area contributed by atoms with E-state index in [-0.39, 0.29) is 36.7 Å². The van der Waals surface area contributed by atoms with Crippen LogP contribution in [0.15, 0.2) is 34.9 Å². The number of nitrogens with one attached hydrogen (secondary N) is 1. The van der Waals surface area contributed by atoms with Crippen LogP contribution in [0.4, 0.5) is 10.2 Å². The van der Waals surface area contributed by atoms with Gasteiger partial charge >= 0.3 is 0 Å². The molecule has 1 fully saturated rings. The summed E-state index contributed by atoms with van der Waals surface area (Å²) in [5.41, 5.74) is 0.384. The van der Waals surface area contributed by atoms with Gasteiger partial charge in [-0.3, -0.25) is 14.4 Å². The van der Waals surface area contributed by atoms with Crippen molar-refractivity contribution in [3.63, 3.8) is 0 Å². The molecule has 1 saturated heterocycles. The quantitative estimate of drug-likeness (QED) is 0.826. The Kier molecular flexibility index (Phi) is 6.26. The van der Waals surface area contributed by atoms with E-state index in [1.54, 1.807) is 24.9 Å². The highest BCUT2D eigenvalue weighted by molar-refractivity contribution is 5.95. The molecule has 1 aliphatic heterocycles. The Labute approximate surface area is 167 Å². The Morgan fingerprint density at radius 1 is 1.31 bits per heavy atom. The lowest BCUT2D eigenvalue weighted by Crippen LogP contribution is -2.47. The molecule has 1 N–H and O–H groups in total. The first-order valence-corrected chi connectivity index (χ1v) is 9.36. The topological polar surface area (TPSA) is 95.8 Å². The summed E-state index contributed by atoms with van der Waals surface area (Å²) in [6.45, 7) is 2.38. The van der Waals surface area contributed by atoms with Crippen molar-refractivity contribution in [2.24, 2.45) is 5.92 Å². The Balaban J connectivity index is 1.56. The summed E-state index contributed by atoms with van der Waals surface area (Å²) in [4.78, 5) is 40.5. The maximum absolute atomic E-state index is 13.1. The number of piperidine rings is 1. The van der Waals surface area contributed by atoms with Crippen LogP contribution in [0.1, 0.15) is 29.0 Å². The molecule has 29 heavy (non-hydrogen) atoms. The summed E-state index contributed by atoms with van der Waals surface area (Å²) in [7, 11) is 1.55. The van der Waals surface area contributed by atoms with E-state index in [1.807, 2.05) is 0 Å². The predicted octanol–water partition coefficient (Wildman–Crippen LogP) is 2.07. The lowest BCUT2D eigenvalue weighted by Gasteiger charge is -2.34. The van der Waals surface area contributed by atoms with Crippen molar-refractivity contribution in [2.75, 3.05) is 32.0 Å². The smallest absolute Gasteiger partial charge is 0.253 e. The van der Waals surface area contributed by atoms with Gasteiger partial charge in [0.2, 0.25) is 11.8 Å². The Hall–Kier alpha value is -3.23. The molecule has 3 amide bonds. The molecule has 1 aromatic heterocycles. The Morgan fingerprint density at radius 2 is 2.03 bits per heavy atom. The number of carbonyl (C=O) groups excluding carboxylic acids is 3. The van der Waals surface area contributed by atoms with E-state index in [4.69, 9.17) is 4.52 Å². The number of rotatable bonds is 5. The van der Waals surface area contributed by atoms with Crippen LogP contribution in [0, 0.1) is 18.7 Å². The maximum Gasteiger partial charge on any atom is 0.253 e. The fraction of sp³-hybridized carbons (Fsp3) is 0.400. The van der Waals surface area contributed by atoms with Crippen LogP contribution in [-0.2, 0) is 9.59 Å². The number of likely N-dealkylation sites (tertiary alicyclic amines) is 1. The average Bonchev–Trinajstić information content (AvgIpc) is 3.11. The molecule has 3 rings (SSSR count). The van der Waals surface area contributed by atoms with Gasteiger partial charge in [-0.25, -0.2) is 4.39 Å². The molecule has 8 nitrogen and oxygen atoms in total. The third kappa shape index (κ3) is 5.18. The van der Waals surface area contributed by atoms with Gasteiger partial charge < -0.3 is 19.6 Å². The number of hydrogen-bond acceptors (Lipinski definition) is 5. The van der Waals surface area contributed by atoms with E-state index in [0.717, 1.165) is 0 Å². The van der Waals surface area contributed by atoms with E-state index in [2.05, 4.69) is 10.5 Å². The summed E-state index contributed by atoms with van der Waals surface area (Å²) in [6.07, 6.45) is 1.32. The highest BCUT2D eigenvalue weighted by Gasteiger charge is 2.31. The Bertz CT molecular complexity index is 896. The summed E-state index contributed by atoms with van der Waals surface area (Å²) in [5, 5.41) is 6.25. The minimum absolute atomic E-state index is 0.132. The number of aromatic nitrogens is 1. The third-order valence-electron chi connectivity index (χ3n) is 4.80. The molecule has 154 valence electrons. The number of amides is 3. The van der Waals surface area contributed by atoms with Gasteiger partial charge in [-0.2, -0.15) is 0 Å². The molecule has 9 heteroatoms. The second-order valence-corrected chi connectivity index (χ2v) is 7.16. The lowest BCUT2D eigenvalue weighted by atomic mass is 9.96. The molecule has 2 aromatic rings. The molecule has 1 atom stereocenters. The first-order chi connectivity index (χ1) is 13.8. The largest absolute Gasteiger partial charge is 0.360 e. The number of anilines is 1. The fourth-order valence-corrected chi connectivity index (χ4v) is 3.35. The number of nitrogens with zero attached hydrogens (tertiary/aromatic N) is 3. The second-order valence-electron chi connectivity index (χ2n) is 7.16. The van der Waals surface area contributed by atoms with Gasteiger partial charge in [0, 0.05) is 31.8 Å². The third-order valence-corrected chi connectivity index (χ3v) is 4.80. The van der Waals surface area contributed by atoms with Gasteiger partial charge in [-0.1, -0.05) is 5.16 Å². The zero-order valence-corrected chi connectivity index (χ0v) is 16.4. The summed E-state index contributed by atoms with van der Waals surface area (Å²) < 4.78 is 18.0. The van der Waals surface area contributed by atoms with Gasteiger partial charge in [0.1, 0.15) is 11.6 Å². The van der Waals surface area contributed by atoms with Crippen LogP contribution in [-0.4, -0.2) is 59.4 Å². The zero-order chi connectivity index (χ0) is 21.0. The van der Waals surface area contributed by atoms with Crippen LogP contribution in [0.3, 0.4) is 0 Å². The fourth-order valence-electron chi connectivity index (χ4n) is 3.35. The monoisotopic (exact) mass is 402 g/mol. The molecule has 1 unspecified atom stereocenters. The SMILES string of the molecule is Cc1cc(NC(=O)CN(C)C(=O)C2CCCN(C(=O)c3ccc(F)cc3)C2)no1. The van der Waals surface area contributed by atoms with Crippen molar-refractivity contribution < 1.29 is 23.3 Å². The molecule has 2 heterocycles. The second kappa shape index (κ2) is 8.85. The van der Waals surface area contributed by atoms with Crippen molar-refractivity contribution in [3.8, 4) is 0 Å². The van der Waals surface area contributed by atoms with Crippen molar-refractivity contribution in [3.05, 3.63) is 47.5 Å². The molecule has 0 aliphatic carbocycles. The normalized spacial score (nSPS) is 16.4. The lowest BCUT2D eigenvalue weighted by molar-refractivity contribution is -0.138. The minimum Gasteiger partial charge on any atom is -0.360 e. The molecule has 1 aromatic carbocycles. The van der Waals surface area contributed by atoms with Crippen molar-refractivity contribution in [1.82, 2.24) is 15.0 Å². The summed E-state index contributed by atoms with van der Waals surface area (Å²) in [5.74, 6) is -0.754. The van der Waals surface area contributed by atoms with Crippen molar-refractivity contribution >= 4 is 23.5 Å². The van der Waals surface area contributed by atoms with Crippen molar-refractivity contribution in [2.45, 2.75) is 19.8 Å². The average molecular weight is 402 g/mol. The first kappa shape index (κ1) is 20.5. The number of benzene rings is 1. The zero-order valence-electron chi connectivity index (χ0n) is 16.4. The Morgan fingerprint density at radius 3 is 2.69 bits per heavy atom. The predicted molar refractivity (Wildman–Crippen MR) is 103 cm³/mol. The summed E-state index contributed by atoms with van der Waals surface area (Å²) in [6, 6.07) is 6.93. The number of likely N-dealkylation sites (N-methyl/N-ethyl adjacent to an activating group) is 1. The van der Waals surface area contributed by atoms with E-state index < -0.39 is 5.82 Å². The molecule has 1 aliphatic rings. The first-order valence-electron chi connectivity index (χ1n) is 9.36. The molecule has 0 saturated carbocycles. The van der Waals surface area contributed by atoms with E-state index in [9.17, 15) is 18.8 Å². The van der Waals surface area contributed by atoms with Gasteiger partial charge in [0.05, 0.1) is 12.5 Å². The van der Waals surface area contributed by atoms with Crippen molar-refractivity contribution in [1.29, 1.82) is 0 Å². The highest BCUT2D eigenvalue weighted by Crippen LogP contribution is 2.21. The minimum atomic E-state index is -0.408. The van der Waals surface area contributed by atoms with Crippen LogP contribution in [0.2, 0.25) is 0 Å². The standard InChI is InChI=1S/C20H23FN4O4/c1-13-10-17(23-29-13)22-18(26)12-24(2)19(27)15-4-3-9-25(11-15)20(28)14-5-7-16(21)8-6-14/h5-8,10,15H,3-4,9,11-12H2,1-2H3,(H,22,23,26). The van der Waals surface area contributed by atoms with Crippen LogP contribution >= 0.6 is 0 Å². The number of carbonyl (C=O) groups is 3. The van der Waals surface area contributed by atoms with E-state index in [1.165, 1.54) is 29.2 Å². The highest BCUT2D eigenvalue weighted by atomic mass is 19.1. The maximum atomic E-state index is 13.1. The van der Waals surface area contributed by atoms with Gasteiger partial charge in [-0.05, 0) is 44.0 Å². The van der Waals surface area contributed by atoms with Crippen LogP contribution in [0.5, 0.6) is 0 Å². The molecule has 0 spiro atoms. The molecule has 0 radical (unpaired) electrons. The molecular weight excluding hydrogens is 379 g/mol. The van der Waals surface area contributed by atoms with E-state index >= 15 is 0 Å². The van der Waals surface area contributed by atoms with Gasteiger partial charge in [0.15, 0.2) is 5.82 Å². The number of halogens is 1. The molecular formula is C20H23FN4O4. The number of hydrogen-bond donors (Lipinski definition) is 1. The number of aryl methyl sites for hydroxylation is 1. The van der Waals surface area contributed by atoms with E-state index in [0.29, 0.717) is 36.5 Å². The molecule has 0 bridgehead atoms. The van der Waals surface area contributed by atoms with Crippen LogP contribution in [0.25, 0.3) is 0 Å². The van der Waals surface area contributed by atoms with Gasteiger partial charge in [-0.15, -0.1) is 0 Å². The summed E-state index contributed by atoms with van der Waals surface area (Å²) >= 11 is 0. The van der Waals surface area contributed by atoms with Crippen LogP contribution < -0.4 is 5.32 Å².